The van der Waals surface area contributed by atoms with E-state index in [1.165, 1.54) is 16.7 Å². The highest BCUT2D eigenvalue weighted by molar-refractivity contribution is 5.82. The first-order valence-corrected chi connectivity index (χ1v) is 7.21. The minimum Gasteiger partial charge on any atom is -0.504 e. The number of aromatic hydroxyl groups is 1. The average Bonchev–Trinajstić information content (AvgIpc) is 2.47. The van der Waals surface area contributed by atoms with Crippen molar-refractivity contribution < 1.29 is 9.84 Å². The Kier molecular flexibility index (Phi) is 3.65. The van der Waals surface area contributed by atoms with Crippen molar-refractivity contribution in [1.82, 2.24) is 4.98 Å². The molecule has 0 spiro atoms. The van der Waals surface area contributed by atoms with Gasteiger partial charge in [-0.15, -0.1) is 0 Å². The fourth-order valence-corrected chi connectivity index (χ4v) is 2.84. The number of ether oxygens (including phenoxy) is 1. The van der Waals surface area contributed by atoms with E-state index in [4.69, 9.17) is 4.74 Å². The zero-order valence-electron chi connectivity index (χ0n) is 12.4. The molecule has 2 aromatic rings. The summed E-state index contributed by atoms with van der Waals surface area (Å²) in [4.78, 5) is 4.60. The number of methoxy groups -OCH3 is 1. The molecule has 3 rings (SSSR count). The first-order chi connectivity index (χ1) is 10.2. The molecule has 1 aliphatic rings. The molecule has 0 atom stereocenters. The molecule has 1 aromatic heterocycles. The topological polar surface area (TPSA) is 42.4 Å². The highest BCUT2D eigenvalue weighted by Crippen LogP contribution is 2.33. The Labute approximate surface area is 124 Å². The van der Waals surface area contributed by atoms with Gasteiger partial charge in [-0.1, -0.05) is 12.1 Å². The van der Waals surface area contributed by atoms with Crippen LogP contribution in [0.3, 0.4) is 0 Å². The van der Waals surface area contributed by atoms with Crippen LogP contribution in [0.25, 0.3) is 11.6 Å². The number of hydrogen-bond acceptors (Lipinski definition) is 3. The summed E-state index contributed by atoms with van der Waals surface area (Å²) in [5.41, 5.74) is 5.84. The molecule has 1 aromatic carbocycles. The molecule has 0 amide bonds. The molecule has 0 bridgehead atoms. The van der Waals surface area contributed by atoms with Crippen molar-refractivity contribution in [3.05, 3.63) is 52.8 Å². The zero-order chi connectivity index (χ0) is 14.8. The van der Waals surface area contributed by atoms with Gasteiger partial charge in [0.05, 0.1) is 12.8 Å². The lowest BCUT2D eigenvalue weighted by Crippen LogP contribution is -2.04. The number of aryl methyl sites for hydroxylation is 2. The maximum absolute atomic E-state index is 9.88. The molecule has 0 radical (unpaired) electrons. The summed E-state index contributed by atoms with van der Waals surface area (Å²) in [5, 5.41) is 9.88. The summed E-state index contributed by atoms with van der Waals surface area (Å²) >= 11 is 0. The van der Waals surface area contributed by atoms with Gasteiger partial charge < -0.3 is 9.84 Å². The number of allylic oxidation sites excluding steroid dienone is 1. The van der Waals surface area contributed by atoms with Crippen molar-refractivity contribution in [3.63, 3.8) is 0 Å². The number of phenolic OH excluding ortho intramolecular Hbond substituents is 1. The van der Waals surface area contributed by atoms with E-state index in [1.54, 1.807) is 19.2 Å². The number of nitrogens with zero attached hydrogens (tertiary/aromatic N) is 1. The predicted octanol–water partition coefficient (Wildman–Crippen LogP) is 3.98. The largest absolute Gasteiger partial charge is 0.504 e. The maximum atomic E-state index is 9.88. The van der Waals surface area contributed by atoms with Crippen LogP contribution < -0.4 is 4.74 Å². The van der Waals surface area contributed by atoms with E-state index in [2.05, 4.69) is 24.1 Å². The fourth-order valence-electron chi connectivity index (χ4n) is 2.84. The second kappa shape index (κ2) is 5.60. The quantitative estimate of drug-likeness (QED) is 0.905. The Morgan fingerprint density at radius 3 is 2.86 bits per heavy atom. The lowest BCUT2D eigenvalue weighted by atomic mass is 9.89. The van der Waals surface area contributed by atoms with E-state index in [-0.39, 0.29) is 5.75 Å². The molecule has 3 nitrogen and oxygen atoms in total. The minimum atomic E-state index is 0.166. The number of phenols is 1. The number of benzene rings is 1. The van der Waals surface area contributed by atoms with Gasteiger partial charge in [0.25, 0.3) is 0 Å². The van der Waals surface area contributed by atoms with Crippen LogP contribution in [0.5, 0.6) is 11.5 Å². The summed E-state index contributed by atoms with van der Waals surface area (Å²) in [7, 11) is 1.55. The number of aromatic nitrogens is 1. The average molecular weight is 281 g/mol. The number of rotatable bonds is 2. The molecule has 0 saturated carbocycles. The summed E-state index contributed by atoms with van der Waals surface area (Å²) in [6.45, 7) is 2.08. The van der Waals surface area contributed by atoms with Gasteiger partial charge in [-0.05, 0) is 66.7 Å². The first kappa shape index (κ1) is 13.7. The summed E-state index contributed by atoms with van der Waals surface area (Å²) in [5.74, 6) is 0.662. The molecule has 0 unspecified atom stereocenters. The molecule has 1 aliphatic carbocycles. The Balaban J connectivity index is 2.00. The Bertz CT molecular complexity index is 704. The van der Waals surface area contributed by atoms with E-state index >= 15 is 0 Å². The molecule has 0 saturated heterocycles. The van der Waals surface area contributed by atoms with Crippen LogP contribution in [0.4, 0.5) is 0 Å². The van der Waals surface area contributed by atoms with E-state index < -0.39 is 0 Å². The van der Waals surface area contributed by atoms with Gasteiger partial charge in [0.15, 0.2) is 11.5 Å². The normalized spacial score (nSPS) is 15.8. The SMILES string of the molecule is COc1ccc(/C=C2/CCCc3cc(C)cnc32)cc1O. The molecule has 3 heteroatoms. The van der Waals surface area contributed by atoms with Crippen molar-refractivity contribution in [2.24, 2.45) is 0 Å². The lowest BCUT2D eigenvalue weighted by Gasteiger charge is -2.18. The molecule has 1 N–H and O–H groups in total. The van der Waals surface area contributed by atoms with E-state index in [0.717, 1.165) is 30.5 Å². The van der Waals surface area contributed by atoms with Crippen LogP contribution in [0.15, 0.2) is 30.5 Å². The number of hydrogen-bond donors (Lipinski definition) is 1. The smallest absolute Gasteiger partial charge is 0.160 e. The fraction of sp³-hybridized carbons (Fsp3) is 0.278. The van der Waals surface area contributed by atoms with Crippen molar-refractivity contribution in [2.75, 3.05) is 7.11 Å². The van der Waals surface area contributed by atoms with E-state index in [1.807, 2.05) is 12.3 Å². The van der Waals surface area contributed by atoms with Gasteiger partial charge in [-0.25, -0.2) is 0 Å². The summed E-state index contributed by atoms with van der Waals surface area (Å²) in [6.07, 6.45) is 7.29. The first-order valence-electron chi connectivity index (χ1n) is 7.21. The van der Waals surface area contributed by atoms with Crippen LogP contribution in [0, 0.1) is 6.92 Å². The zero-order valence-corrected chi connectivity index (χ0v) is 12.4. The maximum Gasteiger partial charge on any atom is 0.160 e. The van der Waals surface area contributed by atoms with Gasteiger partial charge in [0, 0.05) is 6.20 Å². The second-order valence-electron chi connectivity index (χ2n) is 5.47. The van der Waals surface area contributed by atoms with Crippen LogP contribution in [0.2, 0.25) is 0 Å². The van der Waals surface area contributed by atoms with Gasteiger partial charge in [-0.3, -0.25) is 4.98 Å². The molecular weight excluding hydrogens is 262 g/mol. The molecular formula is C18H19NO2. The molecule has 1 heterocycles. The highest BCUT2D eigenvalue weighted by atomic mass is 16.5. The Morgan fingerprint density at radius 1 is 1.24 bits per heavy atom. The van der Waals surface area contributed by atoms with Gasteiger partial charge in [0.1, 0.15) is 0 Å². The number of pyridine rings is 1. The number of fused-ring (bicyclic) bond motifs is 1. The van der Waals surface area contributed by atoms with Crippen LogP contribution >= 0.6 is 0 Å². The van der Waals surface area contributed by atoms with Crippen molar-refractivity contribution in [3.8, 4) is 11.5 Å². The van der Waals surface area contributed by atoms with Gasteiger partial charge >= 0.3 is 0 Å². The third-order valence-electron chi connectivity index (χ3n) is 3.84. The predicted molar refractivity (Wildman–Crippen MR) is 84.4 cm³/mol. The van der Waals surface area contributed by atoms with Crippen LogP contribution in [-0.2, 0) is 6.42 Å². The molecule has 0 fully saturated rings. The van der Waals surface area contributed by atoms with Gasteiger partial charge in [0.2, 0.25) is 0 Å². The lowest BCUT2D eigenvalue weighted by molar-refractivity contribution is 0.373. The summed E-state index contributed by atoms with van der Waals surface area (Å²) in [6, 6.07) is 7.69. The third kappa shape index (κ3) is 2.77. The Hall–Kier alpha value is -2.29. The van der Waals surface area contributed by atoms with Crippen molar-refractivity contribution in [2.45, 2.75) is 26.2 Å². The van der Waals surface area contributed by atoms with Crippen LogP contribution in [-0.4, -0.2) is 17.2 Å². The monoisotopic (exact) mass is 281 g/mol. The van der Waals surface area contributed by atoms with E-state index in [0.29, 0.717) is 5.75 Å². The van der Waals surface area contributed by atoms with E-state index in [9.17, 15) is 5.11 Å². The summed E-state index contributed by atoms with van der Waals surface area (Å²) < 4.78 is 5.08. The molecule has 21 heavy (non-hydrogen) atoms. The van der Waals surface area contributed by atoms with Gasteiger partial charge in [-0.2, -0.15) is 0 Å². The third-order valence-corrected chi connectivity index (χ3v) is 3.84. The Morgan fingerprint density at radius 2 is 2.10 bits per heavy atom. The standard InChI is InChI=1S/C18H19NO2/c1-12-8-14-4-3-5-15(18(14)19-11-12)9-13-6-7-17(21-2)16(20)10-13/h6-11,20H,3-5H2,1-2H3/b15-9-. The highest BCUT2D eigenvalue weighted by Gasteiger charge is 2.15. The minimum absolute atomic E-state index is 0.166. The van der Waals surface area contributed by atoms with Crippen molar-refractivity contribution >= 4 is 11.6 Å². The van der Waals surface area contributed by atoms with Crippen molar-refractivity contribution in [1.29, 1.82) is 0 Å². The molecule has 0 aliphatic heterocycles. The van der Waals surface area contributed by atoms with Crippen LogP contribution in [0.1, 0.15) is 35.2 Å². The second-order valence-corrected chi connectivity index (χ2v) is 5.47. The molecule has 108 valence electrons.